The smallest absolute Gasteiger partial charge is 0.343 e. The Morgan fingerprint density at radius 2 is 1.56 bits per heavy atom. The minimum absolute atomic E-state index is 0.172. The lowest BCUT2D eigenvalue weighted by molar-refractivity contribution is -0.384. The van der Waals surface area contributed by atoms with Gasteiger partial charge in [-0.25, -0.2) is 14.8 Å². The van der Waals surface area contributed by atoms with Crippen molar-refractivity contribution in [2.24, 2.45) is 5.92 Å². The Morgan fingerprint density at radius 1 is 0.860 bits per heavy atom. The molecule has 11 heteroatoms. The summed E-state index contributed by atoms with van der Waals surface area (Å²) < 4.78 is 11.0. The number of amides is 2. The molecule has 216 valence electrons. The third-order valence-corrected chi connectivity index (χ3v) is 7.26. The van der Waals surface area contributed by atoms with Gasteiger partial charge in [-0.15, -0.1) is 0 Å². The molecular weight excluding hydrogens is 554 g/mol. The van der Waals surface area contributed by atoms with E-state index < -0.39 is 40.8 Å². The molecule has 0 aromatic heterocycles. The highest BCUT2D eigenvalue weighted by atomic mass is 16.7. The molecule has 3 atom stereocenters. The molecule has 0 N–H and O–H groups in total. The fourth-order valence-corrected chi connectivity index (χ4v) is 5.31. The molecule has 0 bridgehead atoms. The fourth-order valence-electron chi connectivity index (χ4n) is 5.31. The number of esters is 1. The Bertz CT molecular complexity index is 1690. The number of hydrogen-bond donors (Lipinski definition) is 0. The van der Waals surface area contributed by atoms with E-state index in [4.69, 9.17) is 14.3 Å². The zero-order chi connectivity index (χ0) is 30.1. The molecule has 2 aliphatic heterocycles. The molecular formula is C32H25N3O8. The molecule has 0 spiro atoms. The van der Waals surface area contributed by atoms with Crippen molar-refractivity contribution in [3.05, 3.63) is 124 Å². The van der Waals surface area contributed by atoms with E-state index in [-0.39, 0.29) is 11.4 Å². The van der Waals surface area contributed by atoms with Crippen molar-refractivity contribution in [3.8, 4) is 11.5 Å². The van der Waals surface area contributed by atoms with Crippen LogP contribution in [0.15, 0.2) is 103 Å². The maximum atomic E-state index is 13.9. The van der Waals surface area contributed by atoms with Crippen LogP contribution in [-0.2, 0) is 14.4 Å². The van der Waals surface area contributed by atoms with Crippen LogP contribution < -0.4 is 19.4 Å². The first kappa shape index (κ1) is 27.6. The first-order valence-electron chi connectivity index (χ1n) is 13.5. The molecule has 43 heavy (non-hydrogen) atoms. The highest BCUT2D eigenvalue weighted by Gasteiger charge is 2.60. The molecule has 2 amide bonds. The number of rotatable bonds is 8. The molecule has 0 unspecified atom stereocenters. The molecule has 6 rings (SSSR count). The minimum atomic E-state index is -1.17. The number of carbonyl (C=O) groups excluding carboxylic acids is 3. The topological polar surface area (TPSA) is 129 Å². The van der Waals surface area contributed by atoms with Crippen molar-refractivity contribution >= 4 is 34.8 Å². The summed E-state index contributed by atoms with van der Waals surface area (Å²) in [5.74, 6) is -1.64. The Hall–Kier alpha value is -5.55. The molecule has 2 aliphatic rings. The van der Waals surface area contributed by atoms with Crippen molar-refractivity contribution in [3.63, 3.8) is 0 Å². The summed E-state index contributed by atoms with van der Waals surface area (Å²) in [6.45, 7) is 2.32. The lowest BCUT2D eigenvalue weighted by Gasteiger charge is -2.28. The molecule has 0 saturated carbocycles. The van der Waals surface area contributed by atoms with E-state index >= 15 is 0 Å². The summed E-state index contributed by atoms with van der Waals surface area (Å²) in [5, 5.41) is 12.9. The van der Waals surface area contributed by atoms with Crippen molar-refractivity contribution in [2.45, 2.75) is 19.1 Å². The Labute approximate surface area is 245 Å². The molecule has 2 fully saturated rings. The molecule has 4 aromatic carbocycles. The zero-order valence-corrected chi connectivity index (χ0v) is 22.9. The second-order valence-electron chi connectivity index (χ2n) is 9.86. The number of hydroxylamine groups is 1. The maximum absolute atomic E-state index is 13.9. The number of nitro benzene ring substituents is 1. The largest absolute Gasteiger partial charge is 0.494 e. The SMILES string of the molecule is CCOc1ccc(N2C(=O)[C@@H]3[C@H](ON(c4cccc([N+](=O)[O-])c4)[C@H]3c3ccc(OC(=O)c4ccccc4)cc3)C2=O)cc1. The number of non-ortho nitro benzene ring substituents is 1. The van der Waals surface area contributed by atoms with E-state index in [1.54, 1.807) is 84.9 Å². The quantitative estimate of drug-likeness (QED) is 0.0902. The number of hydrogen-bond acceptors (Lipinski definition) is 9. The monoisotopic (exact) mass is 579 g/mol. The second-order valence-corrected chi connectivity index (χ2v) is 9.86. The molecule has 0 aliphatic carbocycles. The number of anilines is 2. The Morgan fingerprint density at radius 3 is 2.23 bits per heavy atom. The molecule has 4 aromatic rings. The number of nitrogens with zero attached hydrogens (tertiary/aromatic N) is 3. The molecule has 0 radical (unpaired) electrons. The second kappa shape index (κ2) is 11.4. The van der Waals surface area contributed by atoms with Crippen molar-refractivity contribution in [2.75, 3.05) is 16.6 Å². The van der Waals surface area contributed by atoms with Gasteiger partial charge in [0.05, 0.1) is 34.5 Å². The standard InChI is InChI=1S/C32H25N3O8/c1-2-41-25-17-13-22(14-18-25)33-30(36)27-28(20-11-15-26(16-12-20)42-32(38)21-7-4-3-5-8-21)34(43-29(27)31(33)37)23-9-6-10-24(19-23)35(39)40/h3-19,27-29H,2H2,1H3/t27-,28-,29-/m0/s1. The normalized spacial score (nSPS) is 19.3. The van der Waals surface area contributed by atoms with Crippen LogP contribution in [-0.4, -0.2) is 35.4 Å². The van der Waals surface area contributed by atoms with Gasteiger partial charge >= 0.3 is 5.97 Å². The molecule has 2 saturated heterocycles. The fraction of sp³-hybridized carbons (Fsp3) is 0.156. The summed E-state index contributed by atoms with van der Waals surface area (Å²) in [7, 11) is 0. The number of nitro groups is 1. The van der Waals surface area contributed by atoms with E-state index in [9.17, 15) is 24.5 Å². The predicted molar refractivity (Wildman–Crippen MR) is 155 cm³/mol. The lowest BCUT2D eigenvalue weighted by atomic mass is 9.90. The van der Waals surface area contributed by atoms with Gasteiger partial charge in [0.1, 0.15) is 17.4 Å². The van der Waals surface area contributed by atoms with E-state index in [0.29, 0.717) is 34.9 Å². The van der Waals surface area contributed by atoms with Gasteiger partial charge in [0.15, 0.2) is 6.10 Å². The van der Waals surface area contributed by atoms with E-state index in [0.717, 1.165) is 4.90 Å². The summed E-state index contributed by atoms with van der Waals surface area (Å²) >= 11 is 0. The predicted octanol–water partition coefficient (Wildman–Crippen LogP) is 5.26. The first-order chi connectivity index (χ1) is 20.9. The van der Waals surface area contributed by atoms with E-state index in [1.165, 1.54) is 23.3 Å². The van der Waals surface area contributed by atoms with Crippen LogP contribution in [0.3, 0.4) is 0 Å². The van der Waals surface area contributed by atoms with Gasteiger partial charge in [0.2, 0.25) is 5.91 Å². The Balaban J connectivity index is 1.34. The average Bonchev–Trinajstić information content (AvgIpc) is 3.54. The van der Waals surface area contributed by atoms with Crippen LogP contribution >= 0.6 is 0 Å². The summed E-state index contributed by atoms with van der Waals surface area (Å²) in [6.07, 6.45) is -1.17. The molecule has 11 nitrogen and oxygen atoms in total. The summed E-state index contributed by atoms with van der Waals surface area (Å²) in [5.41, 5.74) is 1.48. The third kappa shape index (κ3) is 5.17. The third-order valence-electron chi connectivity index (χ3n) is 7.26. The van der Waals surface area contributed by atoms with Gasteiger partial charge < -0.3 is 9.47 Å². The van der Waals surface area contributed by atoms with Gasteiger partial charge in [0, 0.05) is 12.1 Å². The number of ether oxygens (including phenoxy) is 2. The van der Waals surface area contributed by atoms with Crippen molar-refractivity contribution in [1.29, 1.82) is 0 Å². The van der Waals surface area contributed by atoms with Gasteiger partial charge in [-0.1, -0.05) is 36.4 Å². The van der Waals surface area contributed by atoms with Crippen LogP contribution in [0.25, 0.3) is 0 Å². The number of carbonyl (C=O) groups is 3. The summed E-state index contributed by atoms with van der Waals surface area (Å²) in [6, 6.07) is 26.6. The summed E-state index contributed by atoms with van der Waals surface area (Å²) in [4.78, 5) is 58.2. The highest BCUT2D eigenvalue weighted by Crippen LogP contribution is 2.48. The first-order valence-corrected chi connectivity index (χ1v) is 13.5. The number of benzene rings is 4. The van der Waals surface area contributed by atoms with Gasteiger partial charge in [-0.2, -0.15) is 0 Å². The van der Waals surface area contributed by atoms with E-state index in [2.05, 4.69) is 0 Å². The van der Waals surface area contributed by atoms with Gasteiger partial charge in [0.25, 0.3) is 11.6 Å². The molecule has 2 heterocycles. The minimum Gasteiger partial charge on any atom is -0.494 e. The Kier molecular flexibility index (Phi) is 7.31. The van der Waals surface area contributed by atoms with Crippen molar-refractivity contribution in [1.82, 2.24) is 0 Å². The number of fused-ring (bicyclic) bond motifs is 1. The van der Waals surface area contributed by atoms with Gasteiger partial charge in [-0.05, 0) is 67.1 Å². The van der Waals surface area contributed by atoms with Crippen LogP contribution in [0.5, 0.6) is 11.5 Å². The van der Waals surface area contributed by atoms with Crippen LogP contribution in [0, 0.1) is 16.0 Å². The van der Waals surface area contributed by atoms with Crippen molar-refractivity contribution < 1.29 is 33.6 Å². The highest BCUT2D eigenvalue weighted by molar-refractivity contribution is 6.24. The van der Waals surface area contributed by atoms with E-state index in [1.807, 2.05) is 6.92 Å². The van der Waals surface area contributed by atoms with Crippen LogP contribution in [0.4, 0.5) is 17.1 Å². The van der Waals surface area contributed by atoms with Crippen LogP contribution in [0.2, 0.25) is 0 Å². The van der Waals surface area contributed by atoms with Gasteiger partial charge in [-0.3, -0.25) is 24.5 Å². The maximum Gasteiger partial charge on any atom is 0.343 e. The zero-order valence-electron chi connectivity index (χ0n) is 22.9. The van der Waals surface area contributed by atoms with Crippen LogP contribution in [0.1, 0.15) is 28.9 Å². The number of imide groups is 1. The lowest BCUT2D eigenvalue weighted by Crippen LogP contribution is -2.37. The average molecular weight is 580 g/mol.